The number of H-pyrrole nitrogens is 2. The number of anilines is 1. The van der Waals surface area contributed by atoms with E-state index in [1.54, 1.807) is 12.4 Å². The van der Waals surface area contributed by atoms with E-state index in [-0.39, 0.29) is 5.91 Å². The third-order valence-electron chi connectivity index (χ3n) is 5.60. The molecule has 3 aromatic carbocycles. The highest BCUT2D eigenvalue weighted by Gasteiger charge is 2.16. The standard InChI is InChI=1S/C25H17N5O/c31-25(24-18-5-2-1-4-15(18)8-10-27-24)29-22-12-16(13-23-20(22)14-28-30-23)17-6-3-7-21-19(17)9-11-26-21/h1-14,26H,(H,28,30)(H,29,31). The highest BCUT2D eigenvalue weighted by atomic mass is 16.1. The van der Waals surface area contributed by atoms with Crippen molar-refractivity contribution in [3.05, 3.63) is 91.0 Å². The molecule has 0 atom stereocenters. The van der Waals surface area contributed by atoms with Crippen molar-refractivity contribution in [2.24, 2.45) is 0 Å². The smallest absolute Gasteiger partial charge is 0.274 e. The highest BCUT2D eigenvalue weighted by Crippen LogP contribution is 2.34. The average Bonchev–Trinajstić information content (AvgIpc) is 3.48. The summed E-state index contributed by atoms with van der Waals surface area (Å²) in [6.07, 6.45) is 5.31. The van der Waals surface area contributed by atoms with Gasteiger partial charge in [0.1, 0.15) is 5.69 Å². The van der Waals surface area contributed by atoms with Gasteiger partial charge >= 0.3 is 0 Å². The number of hydrogen-bond acceptors (Lipinski definition) is 3. The number of fused-ring (bicyclic) bond motifs is 3. The zero-order valence-corrected chi connectivity index (χ0v) is 16.4. The first-order chi connectivity index (χ1) is 15.3. The zero-order valence-electron chi connectivity index (χ0n) is 16.4. The predicted molar refractivity (Wildman–Crippen MR) is 123 cm³/mol. The van der Waals surface area contributed by atoms with Gasteiger partial charge in [-0.3, -0.25) is 14.9 Å². The van der Waals surface area contributed by atoms with Crippen LogP contribution in [0.1, 0.15) is 10.5 Å². The molecule has 0 fully saturated rings. The summed E-state index contributed by atoms with van der Waals surface area (Å²) in [5.74, 6) is -0.253. The van der Waals surface area contributed by atoms with Gasteiger partial charge in [0.25, 0.3) is 5.91 Å². The lowest BCUT2D eigenvalue weighted by molar-refractivity contribution is 0.102. The van der Waals surface area contributed by atoms with Crippen molar-refractivity contribution < 1.29 is 4.79 Å². The summed E-state index contributed by atoms with van der Waals surface area (Å²) in [4.78, 5) is 20.8. The number of pyridine rings is 1. The van der Waals surface area contributed by atoms with Gasteiger partial charge in [-0.2, -0.15) is 5.10 Å². The van der Waals surface area contributed by atoms with Crippen molar-refractivity contribution in [3.8, 4) is 11.1 Å². The molecular formula is C25H17N5O. The zero-order chi connectivity index (χ0) is 20.8. The highest BCUT2D eigenvalue weighted by molar-refractivity contribution is 6.14. The van der Waals surface area contributed by atoms with Gasteiger partial charge in [0, 0.05) is 34.1 Å². The third kappa shape index (κ3) is 2.85. The number of nitrogens with one attached hydrogen (secondary N) is 3. The van der Waals surface area contributed by atoms with Crippen molar-refractivity contribution in [1.82, 2.24) is 20.2 Å². The van der Waals surface area contributed by atoms with Gasteiger partial charge in [0.15, 0.2) is 0 Å². The molecule has 0 spiro atoms. The molecule has 0 radical (unpaired) electrons. The van der Waals surface area contributed by atoms with Gasteiger partial charge in [-0.15, -0.1) is 0 Å². The maximum Gasteiger partial charge on any atom is 0.274 e. The summed E-state index contributed by atoms with van der Waals surface area (Å²) < 4.78 is 0. The van der Waals surface area contributed by atoms with Gasteiger partial charge in [-0.05, 0) is 46.8 Å². The van der Waals surface area contributed by atoms with Crippen LogP contribution in [0.3, 0.4) is 0 Å². The lowest BCUT2D eigenvalue weighted by Gasteiger charge is -2.11. The van der Waals surface area contributed by atoms with Gasteiger partial charge in [0.2, 0.25) is 0 Å². The van der Waals surface area contributed by atoms with E-state index in [4.69, 9.17) is 0 Å². The Hall–Kier alpha value is -4.45. The van der Waals surface area contributed by atoms with Crippen LogP contribution in [0.4, 0.5) is 5.69 Å². The number of nitrogens with zero attached hydrogens (tertiary/aromatic N) is 2. The first-order valence-electron chi connectivity index (χ1n) is 9.97. The van der Waals surface area contributed by atoms with Crippen LogP contribution < -0.4 is 5.32 Å². The minimum absolute atomic E-state index is 0.253. The molecule has 0 aliphatic heterocycles. The summed E-state index contributed by atoms with van der Waals surface area (Å²) in [7, 11) is 0. The molecule has 3 heterocycles. The number of aromatic nitrogens is 4. The van der Waals surface area contributed by atoms with Gasteiger partial charge in [0.05, 0.1) is 17.4 Å². The second kappa shape index (κ2) is 6.81. The monoisotopic (exact) mass is 403 g/mol. The van der Waals surface area contributed by atoms with Crippen molar-refractivity contribution in [3.63, 3.8) is 0 Å². The largest absolute Gasteiger partial charge is 0.361 e. The van der Waals surface area contributed by atoms with Crippen LogP contribution >= 0.6 is 0 Å². The van der Waals surface area contributed by atoms with Gasteiger partial charge < -0.3 is 10.3 Å². The van der Waals surface area contributed by atoms with Crippen LogP contribution in [-0.4, -0.2) is 26.1 Å². The van der Waals surface area contributed by atoms with Crippen LogP contribution in [0.5, 0.6) is 0 Å². The summed E-state index contributed by atoms with van der Waals surface area (Å²) >= 11 is 0. The fourth-order valence-corrected chi connectivity index (χ4v) is 4.13. The second-order valence-corrected chi connectivity index (χ2v) is 7.43. The van der Waals surface area contributed by atoms with E-state index in [0.29, 0.717) is 11.4 Å². The van der Waals surface area contributed by atoms with Gasteiger partial charge in [-0.1, -0.05) is 36.4 Å². The number of aromatic amines is 2. The Bertz CT molecular complexity index is 1590. The van der Waals surface area contributed by atoms with Crippen molar-refractivity contribution in [2.45, 2.75) is 0 Å². The van der Waals surface area contributed by atoms with E-state index < -0.39 is 0 Å². The van der Waals surface area contributed by atoms with E-state index in [1.165, 1.54) is 0 Å². The van der Waals surface area contributed by atoms with E-state index in [9.17, 15) is 4.79 Å². The number of rotatable bonds is 3. The number of amides is 1. The first kappa shape index (κ1) is 17.4. The quantitative estimate of drug-likeness (QED) is 0.364. The minimum atomic E-state index is -0.253. The maximum absolute atomic E-state index is 13.2. The molecule has 0 bridgehead atoms. The summed E-state index contributed by atoms with van der Waals surface area (Å²) in [5.41, 5.74) is 5.07. The SMILES string of the molecule is O=C(Nc1cc(-c2cccc3[nH]ccc23)cc2[nH]ncc12)c1nccc2ccccc12. The molecule has 3 aromatic heterocycles. The molecule has 0 aliphatic rings. The molecule has 6 nitrogen and oxygen atoms in total. The summed E-state index contributed by atoms with van der Waals surface area (Å²) in [6.45, 7) is 0. The molecule has 6 heteroatoms. The van der Waals surface area contributed by atoms with E-state index >= 15 is 0 Å². The topological polar surface area (TPSA) is 86.5 Å². The Morgan fingerprint density at radius 3 is 2.77 bits per heavy atom. The fraction of sp³-hybridized carbons (Fsp3) is 0. The molecule has 6 aromatic rings. The van der Waals surface area contributed by atoms with Crippen molar-refractivity contribution in [1.29, 1.82) is 0 Å². The van der Waals surface area contributed by atoms with Crippen LogP contribution in [0.2, 0.25) is 0 Å². The molecule has 6 rings (SSSR count). The lowest BCUT2D eigenvalue weighted by Crippen LogP contribution is -2.14. The van der Waals surface area contributed by atoms with E-state index in [0.717, 1.165) is 43.7 Å². The number of carbonyl (C=O) groups is 1. The molecule has 0 aliphatic carbocycles. The predicted octanol–water partition coefficient (Wildman–Crippen LogP) is 5.51. The Kier molecular flexibility index (Phi) is 3.83. The molecule has 0 saturated heterocycles. The number of benzene rings is 3. The maximum atomic E-state index is 13.2. The van der Waals surface area contributed by atoms with E-state index in [1.807, 2.05) is 54.7 Å². The second-order valence-electron chi connectivity index (χ2n) is 7.43. The Morgan fingerprint density at radius 1 is 0.871 bits per heavy atom. The van der Waals surface area contributed by atoms with E-state index in [2.05, 4.69) is 43.7 Å². The van der Waals surface area contributed by atoms with Gasteiger partial charge in [-0.25, -0.2) is 0 Å². The molecular weight excluding hydrogens is 386 g/mol. The Morgan fingerprint density at radius 2 is 1.81 bits per heavy atom. The summed E-state index contributed by atoms with van der Waals surface area (Å²) in [6, 6.07) is 21.9. The third-order valence-corrected chi connectivity index (χ3v) is 5.60. The van der Waals surface area contributed by atoms with Crippen molar-refractivity contribution in [2.75, 3.05) is 5.32 Å². The molecule has 31 heavy (non-hydrogen) atoms. The lowest BCUT2D eigenvalue weighted by atomic mass is 9.99. The molecule has 1 amide bonds. The molecule has 148 valence electrons. The summed E-state index contributed by atoms with van der Waals surface area (Å²) in [5, 5.41) is 14.0. The van der Waals surface area contributed by atoms with Crippen LogP contribution in [0.25, 0.3) is 43.7 Å². The van der Waals surface area contributed by atoms with Crippen LogP contribution in [0.15, 0.2) is 85.3 Å². The average molecular weight is 403 g/mol. The molecule has 0 unspecified atom stereocenters. The number of hydrogen-bond donors (Lipinski definition) is 3. The first-order valence-corrected chi connectivity index (χ1v) is 9.97. The molecule has 3 N–H and O–H groups in total. The van der Waals surface area contributed by atoms with Crippen molar-refractivity contribution >= 4 is 44.2 Å². The Labute approximate surface area is 176 Å². The normalized spacial score (nSPS) is 11.4. The molecule has 0 saturated carbocycles. The minimum Gasteiger partial charge on any atom is -0.361 e. The number of carbonyl (C=O) groups excluding carboxylic acids is 1. The fourth-order valence-electron chi connectivity index (χ4n) is 4.13. The Balaban J connectivity index is 1.48. The van der Waals surface area contributed by atoms with Crippen LogP contribution in [-0.2, 0) is 0 Å². The van der Waals surface area contributed by atoms with Crippen LogP contribution in [0, 0.1) is 0 Å².